The molecule has 4 aromatic rings. The molecule has 0 saturated carbocycles. The van der Waals surface area contributed by atoms with E-state index in [1.165, 1.54) is 30.0 Å². The van der Waals surface area contributed by atoms with Gasteiger partial charge in [-0.25, -0.2) is 19.6 Å². The van der Waals surface area contributed by atoms with Crippen LogP contribution in [0, 0.1) is 28.6 Å². The molecular formula is C43H49Cl2N7O6S2. The lowest BCUT2D eigenvalue weighted by Gasteiger charge is -2.24. The van der Waals surface area contributed by atoms with Crippen molar-refractivity contribution in [2.75, 3.05) is 31.2 Å². The number of thiazole rings is 1. The third-order valence-corrected chi connectivity index (χ3v) is 11.1. The van der Waals surface area contributed by atoms with Gasteiger partial charge in [0.2, 0.25) is 5.91 Å². The summed E-state index contributed by atoms with van der Waals surface area (Å²) in [7, 11) is 0. The third-order valence-electron chi connectivity index (χ3n) is 8.95. The number of nitrogens with zero attached hydrogens (tertiary/aromatic N) is 5. The number of thioether (sulfide) groups is 1. The topological polar surface area (TPSA) is 180 Å². The number of hydrogen-bond donors (Lipinski definition) is 2. The number of ether oxygens (including phenoxy) is 3. The van der Waals surface area contributed by atoms with E-state index in [1.807, 2.05) is 43.5 Å². The number of alkyl carbamates (subject to hydrolysis) is 1. The SMILES string of the molecule is CC(C)C[C@H](NC(=O)[C@H](C)NC(=O)OC(C)(C)C)C(=O)OCCOc1ccc(-c2c(C#N)c(SCc3csc(-c4ccc(Cl)cc4)n3)nc(N3CCCC3)c2C#N)cc1.Cl. The van der Waals surface area contributed by atoms with Crippen molar-refractivity contribution in [2.24, 2.45) is 5.92 Å². The molecule has 318 valence electrons. The van der Waals surface area contributed by atoms with Crippen molar-refractivity contribution in [3.05, 3.63) is 75.8 Å². The number of hydrogen-bond acceptors (Lipinski definition) is 13. The van der Waals surface area contributed by atoms with Gasteiger partial charge < -0.3 is 29.7 Å². The van der Waals surface area contributed by atoms with Crippen LogP contribution in [0.15, 0.2) is 58.9 Å². The Bertz CT molecular complexity index is 2190. The molecule has 0 radical (unpaired) electrons. The van der Waals surface area contributed by atoms with Crippen molar-refractivity contribution in [3.8, 4) is 39.6 Å². The van der Waals surface area contributed by atoms with Crippen LogP contribution in [-0.4, -0.2) is 71.9 Å². The van der Waals surface area contributed by atoms with Crippen LogP contribution in [0.25, 0.3) is 21.7 Å². The molecule has 0 spiro atoms. The van der Waals surface area contributed by atoms with Crippen molar-refractivity contribution in [1.29, 1.82) is 10.5 Å². The van der Waals surface area contributed by atoms with Crippen LogP contribution in [-0.2, 0) is 24.8 Å². The fourth-order valence-corrected chi connectivity index (χ4v) is 8.14. The molecule has 1 fully saturated rings. The van der Waals surface area contributed by atoms with Crippen molar-refractivity contribution >= 4 is 70.9 Å². The van der Waals surface area contributed by atoms with Crippen LogP contribution < -0.4 is 20.3 Å². The van der Waals surface area contributed by atoms with Crippen LogP contribution in [0.2, 0.25) is 5.02 Å². The molecular weight excluding hydrogens is 846 g/mol. The second-order valence-corrected chi connectivity index (χ2v) is 17.6. The third kappa shape index (κ3) is 13.2. The average Bonchev–Trinajstić information content (AvgIpc) is 3.91. The highest BCUT2D eigenvalue weighted by Gasteiger charge is 2.29. The van der Waals surface area contributed by atoms with Crippen molar-refractivity contribution in [3.63, 3.8) is 0 Å². The predicted molar refractivity (Wildman–Crippen MR) is 237 cm³/mol. The maximum absolute atomic E-state index is 13.1. The highest BCUT2D eigenvalue weighted by molar-refractivity contribution is 7.98. The Kier molecular flexibility index (Phi) is 17.4. The van der Waals surface area contributed by atoms with Crippen LogP contribution in [0.1, 0.15) is 77.6 Å². The van der Waals surface area contributed by atoms with E-state index >= 15 is 0 Å². The second-order valence-electron chi connectivity index (χ2n) is 15.3. The van der Waals surface area contributed by atoms with Gasteiger partial charge in [0.25, 0.3) is 0 Å². The summed E-state index contributed by atoms with van der Waals surface area (Å²) in [6.07, 6.45) is 1.55. The number of nitriles is 2. The van der Waals surface area contributed by atoms with E-state index in [9.17, 15) is 24.9 Å². The molecule has 3 heterocycles. The highest BCUT2D eigenvalue weighted by Crippen LogP contribution is 2.40. The minimum atomic E-state index is -0.949. The van der Waals surface area contributed by atoms with E-state index in [1.54, 1.807) is 45.0 Å². The lowest BCUT2D eigenvalue weighted by atomic mass is 9.96. The Morgan fingerprint density at radius 2 is 1.58 bits per heavy atom. The maximum atomic E-state index is 13.1. The number of benzene rings is 2. The van der Waals surface area contributed by atoms with Gasteiger partial charge in [-0.05, 0) is 82.7 Å². The zero-order valence-electron chi connectivity index (χ0n) is 34.4. The number of pyridine rings is 1. The summed E-state index contributed by atoms with van der Waals surface area (Å²) in [4.78, 5) is 49.9. The number of nitrogens with one attached hydrogen (secondary N) is 2. The fourth-order valence-electron chi connectivity index (χ4n) is 6.21. The maximum Gasteiger partial charge on any atom is 0.408 e. The minimum absolute atomic E-state index is 0. The number of anilines is 1. The van der Waals surface area contributed by atoms with Gasteiger partial charge in [-0.15, -0.1) is 23.7 Å². The minimum Gasteiger partial charge on any atom is -0.490 e. The van der Waals surface area contributed by atoms with Crippen molar-refractivity contribution in [1.82, 2.24) is 20.6 Å². The zero-order valence-corrected chi connectivity index (χ0v) is 37.6. The van der Waals surface area contributed by atoms with Gasteiger partial charge in [-0.1, -0.05) is 61.5 Å². The quantitative estimate of drug-likeness (QED) is 0.0621. The Labute approximate surface area is 370 Å². The number of aromatic nitrogens is 2. The summed E-state index contributed by atoms with van der Waals surface area (Å²) in [5.41, 5.74) is 2.89. The largest absolute Gasteiger partial charge is 0.490 e. The van der Waals surface area contributed by atoms with Crippen LogP contribution >= 0.6 is 47.1 Å². The molecule has 2 amide bonds. The molecule has 0 aliphatic carbocycles. The Morgan fingerprint density at radius 1 is 0.933 bits per heavy atom. The monoisotopic (exact) mass is 893 g/mol. The molecule has 2 aromatic carbocycles. The molecule has 2 atom stereocenters. The van der Waals surface area contributed by atoms with E-state index in [2.05, 4.69) is 27.7 Å². The molecule has 1 saturated heterocycles. The van der Waals surface area contributed by atoms with E-state index in [-0.39, 0.29) is 31.5 Å². The number of amides is 2. The summed E-state index contributed by atoms with van der Waals surface area (Å²) in [5, 5.41) is 30.2. The molecule has 1 aliphatic rings. The summed E-state index contributed by atoms with van der Waals surface area (Å²) in [6.45, 7) is 12.0. The van der Waals surface area contributed by atoms with E-state index in [4.69, 9.17) is 35.8 Å². The first-order valence-electron chi connectivity index (χ1n) is 19.3. The molecule has 0 bridgehead atoms. The Balaban J connectivity index is 0.00000794. The number of carbonyl (C=O) groups excluding carboxylic acids is 3. The summed E-state index contributed by atoms with van der Waals surface area (Å²) < 4.78 is 16.6. The molecule has 2 aromatic heterocycles. The van der Waals surface area contributed by atoms with E-state index < -0.39 is 35.7 Å². The molecule has 17 heteroatoms. The molecule has 13 nitrogen and oxygen atoms in total. The Hall–Kier alpha value is -5.06. The van der Waals surface area contributed by atoms with Gasteiger partial charge in [-0.3, -0.25) is 4.79 Å². The van der Waals surface area contributed by atoms with Gasteiger partial charge in [0.05, 0.1) is 11.3 Å². The van der Waals surface area contributed by atoms with E-state index in [0.29, 0.717) is 56.0 Å². The van der Waals surface area contributed by atoms with Crippen LogP contribution in [0.3, 0.4) is 0 Å². The molecule has 60 heavy (non-hydrogen) atoms. The Morgan fingerprint density at radius 3 is 2.20 bits per heavy atom. The van der Waals surface area contributed by atoms with E-state index in [0.717, 1.165) is 42.2 Å². The standard InChI is InChI=1S/C43H48ClN7O6S2.ClH/c1-26(2)21-35(49-38(52)27(3)47-42(54)57-43(4,5)6)41(53)56-20-19-55-32-15-11-28(12-16-32)36-33(22-45)37(51-17-7-8-18-51)50-40(34(36)23-46)59-25-31-24-58-39(48-31)29-9-13-30(44)14-10-29;/h9-16,24,26-27,35H,7-8,17-21,25H2,1-6H3,(H,47,54)(H,49,52);1H/t27-,35-;/m0./s1. The smallest absolute Gasteiger partial charge is 0.408 e. The number of carbonyl (C=O) groups is 3. The molecule has 1 aliphatic heterocycles. The predicted octanol–water partition coefficient (Wildman–Crippen LogP) is 8.95. The molecule has 0 unspecified atom stereocenters. The fraction of sp³-hybridized carbons (Fsp3) is 0.419. The average molecular weight is 895 g/mol. The number of halogens is 2. The highest BCUT2D eigenvalue weighted by atomic mass is 35.5. The van der Waals surface area contributed by atoms with Crippen molar-refractivity contribution in [2.45, 2.75) is 89.3 Å². The lowest BCUT2D eigenvalue weighted by molar-refractivity contribution is -0.149. The van der Waals surface area contributed by atoms with Gasteiger partial charge in [-0.2, -0.15) is 10.5 Å². The first kappa shape index (κ1) is 47.6. The summed E-state index contributed by atoms with van der Waals surface area (Å²) in [5.74, 6) is 0.408. The molecule has 5 rings (SSSR count). The van der Waals surface area contributed by atoms with Crippen LogP contribution in [0.5, 0.6) is 5.75 Å². The first-order valence-corrected chi connectivity index (χ1v) is 21.6. The summed E-state index contributed by atoms with van der Waals surface area (Å²) in [6, 6.07) is 17.4. The van der Waals surface area contributed by atoms with Crippen LogP contribution in [0.4, 0.5) is 10.6 Å². The van der Waals surface area contributed by atoms with Crippen molar-refractivity contribution < 1.29 is 28.6 Å². The normalized spacial score (nSPS) is 13.3. The van der Waals surface area contributed by atoms with Gasteiger partial charge >= 0.3 is 12.1 Å². The van der Waals surface area contributed by atoms with Gasteiger partial charge in [0.1, 0.15) is 70.2 Å². The lowest BCUT2D eigenvalue weighted by Crippen LogP contribution is -2.51. The second kappa shape index (κ2) is 22.0. The van der Waals surface area contributed by atoms with Gasteiger partial charge in [0, 0.05) is 40.4 Å². The number of rotatable bonds is 16. The van der Waals surface area contributed by atoms with Gasteiger partial charge in [0.15, 0.2) is 0 Å². The number of esters is 1. The first-order chi connectivity index (χ1) is 28.1. The summed E-state index contributed by atoms with van der Waals surface area (Å²) >= 11 is 9.01. The zero-order chi connectivity index (χ0) is 42.7. The molecule has 2 N–H and O–H groups in total.